The van der Waals surface area contributed by atoms with E-state index in [-0.39, 0.29) is 24.2 Å². The summed E-state index contributed by atoms with van der Waals surface area (Å²) in [6.07, 6.45) is 11.0. The molecule has 0 bridgehead atoms. The molecule has 4 unspecified atom stereocenters. The molecule has 0 aromatic heterocycles. The van der Waals surface area contributed by atoms with E-state index in [1.54, 1.807) is 0 Å². The smallest absolute Gasteiger partial charge is 0.240 e. The van der Waals surface area contributed by atoms with Crippen LogP contribution in [0.15, 0.2) is 0 Å². The highest BCUT2D eigenvalue weighted by Crippen LogP contribution is 2.31. The molecule has 0 spiro atoms. The van der Waals surface area contributed by atoms with E-state index in [9.17, 15) is 4.79 Å². The lowest BCUT2D eigenvalue weighted by Crippen LogP contribution is -2.50. The highest BCUT2D eigenvalue weighted by atomic mass is 16.7. The molecule has 26 heavy (non-hydrogen) atoms. The Morgan fingerprint density at radius 3 is 2.81 bits per heavy atom. The van der Waals surface area contributed by atoms with Gasteiger partial charge in [-0.3, -0.25) is 9.63 Å². The first kappa shape index (κ1) is 20.0. The first-order chi connectivity index (χ1) is 12.7. The minimum atomic E-state index is -0.235. The summed E-state index contributed by atoms with van der Waals surface area (Å²) in [5.41, 5.74) is 9.36. The van der Waals surface area contributed by atoms with Crippen LogP contribution in [0, 0.1) is 11.8 Å². The molecule has 0 radical (unpaired) electrons. The fraction of sp³-hybridized carbons (Fsp3) is 0.947. The van der Waals surface area contributed by atoms with Crippen LogP contribution in [0.2, 0.25) is 0 Å². The topological polar surface area (TPSA) is 77.7 Å². The number of rotatable bonds is 8. The van der Waals surface area contributed by atoms with Crippen LogP contribution in [0.25, 0.3) is 0 Å². The molecule has 0 aromatic rings. The van der Waals surface area contributed by atoms with Crippen LogP contribution in [0.1, 0.15) is 71.6 Å². The second-order valence-corrected chi connectivity index (χ2v) is 8.25. The van der Waals surface area contributed by atoms with E-state index in [1.807, 2.05) is 0 Å². The third-order valence-corrected chi connectivity index (χ3v) is 6.19. The minimum Gasteiger partial charge on any atom is -0.337 e. The van der Waals surface area contributed by atoms with Gasteiger partial charge in [0.2, 0.25) is 5.91 Å². The van der Waals surface area contributed by atoms with Gasteiger partial charge in [0.05, 0.1) is 6.10 Å². The van der Waals surface area contributed by atoms with Gasteiger partial charge in [-0.05, 0) is 31.1 Å². The average Bonchev–Trinajstić information content (AvgIpc) is 3.32. The zero-order valence-electron chi connectivity index (χ0n) is 16.4. The van der Waals surface area contributed by atoms with E-state index in [4.69, 9.17) is 4.84 Å². The van der Waals surface area contributed by atoms with Crippen molar-refractivity contribution in [3.8, 4) is 0 Å². The molecule has 0 aromatic carbocycles. The number of amides is 1. The van der Waals surface area contributed by atoms with Crippen LogP contribution >= 0.6 is 0 Å². The van der Waals surface area contributed by atoms with Crippen molar-refractivity contribution in [1.82, 2.24) is 26.8 Å². The molecule has 1 aliphatic carbocycles. The molecular formula is C19H37N5O2. The normalized spacial score (nSPS) is 32.0. The zero-order chi connectivity index (χ0) is 18.4. The van der Waals surface area contributed by atoms with E-state index >= 15 is 0 Å². The molecule has 1 amide bonds. The lowest BCUT2D eigenvalue weighted by atomic mass is 9.83. The maximum Gasteiger partial charge on any atom is 0.240 e. The van der Waals surface area contributed by atoms with E-state index in [0.29, 0.717) is 11.8 Å². The van der Waals surface area contributed by atoms with Gasteiger partial charge in [-0.25, -0.2) is 10.4 Å². The van der Waals surface area contributed by atoms with Gasteiger partial charge in [-0.1, -0.05) is 46.0 Å². The molecule has 2 heterocycles. The summed E-state index contributed by atoms with van der Waals surface area (Å²) >= 11 is 0. The van der Waals surface area contributed by atoms with E-state index in [2.05, 4.69) is 40.6 Å². The van der Waals surface area contributed by atoms with E-state index in [1.165, 1.54) is 51.4 Å². The summed E-state index contributed by atoms with van der Waals surface area (Å²) in [7, 11) is 0. The Balaban J connectivity index is 1.38. The van der Waals surface area contributed by atoms with Crippen LogP contribution in [-0.4, -0.2) is 42.3 Å². The molecule has 2 saturated heterocycles. The Bertz CT molecular complexity index is 444. The number of hydrogen-bond acceptors (Lipinski definition) is 6. The zero-order valence-corrected chi connectivity index (χ0v) is 16.4. The van der Waals surface area contributed by atoms with Crippen molar-refractivity contribution in [2.24, 2.45) is 11.8 Å². The highest BCUT2D eigenvalue weighted by molar-refractivity contribution is 5.82. The van der Waals surface area contributed by atoms with Crippen molar-refractivity contribution in [3.63, 3.8) is 0 Å². The molecule has 7 heteroatoms. The molecule has 1 saturated carbocycles. The maximum absolute atomic E-state index is 12.6. The predicted octanol–water partition coefficient (Wildman–Crippen LogP) is 1.82. The van der Waals surface area contributed by atoms with Crippen molar-refractivity contribution in [3.05, 3.63) is 0 Å². The predicted molar refractivity (Wildman–Crippen MR) is 101 cm³/mol. The van der Waals surface area contributed by atoms with Crippen molar-refractivity contribution in [2.45, 2.75) is 89.9 Å². The van der Waals surface area contributed by atoms with Crippen LogP contribution in [0.3, 0.4) is 0 Å². The SMILES string of the molecule is CCCC(CC)CN1CC(NC(=O)C2CC(C3CCCCC3)ON2)NN1. The molecule has 3 aliphatic rings. The van der Waals surface area contributed by atoms with Gasteiger partial charge in [-0.15, -0.1) is 0 Å². The van der Waals surface area contributed by atoms with Gasteiger partial charge >= 0.3 is 0 Å². The van der Waals surface area contributed by atoms with Crippen LogP contribution < -0.4 is 21.8 Å². The molecule has 3 rings (SSSR count). The molecule has 7 nitrogen and oxygen atoms in total. The van der Waals surface area contributed by atoms with Crippen LogP contribution in [-0.2, 0) is 9.63 Å². The third kappa shape index (κ3) is 5.39. The van der Waals surface area contributed by atoms with Gasteiger partial charge in [0.15, 0.2) is 0 Å². The molecule has 2 aliphatic heterocycles. The number of nitrogens with zero attached hydrogens (tertiary/aromatic N) is 1. The average molecular weight is 368 g/mol. The molecule has 4 atom stereocenters. The Hall–Kier alpha value is -0.730. The number of carbonyl (C=O) groups is 1. The monoisotopic (exact) mass is 367 g/mol. The largest absolute Gasteiger partial charge is 0.337 e. The summed E-state index contributed by atoms with van der Waals surface area (Å²) in [4.78, 5) is 18.3. The number of carbonyl (C=O) groups excluding carboxylic acids is 1. The Labute approximate surface area is 157 Å². The summed E-state index contributed by atoms with van der Waals surface area (Å²) in [5, 5.41) is 5.28. The summed E-state index contributed by atoms with van der Waals surface area (Å²) < 4.78 is 0. The van der Waals surface area contributed by atoms with Gasteiger partial charge in [0, 0.05) is 19.5 Å². The van der Waals surface area contributed by atoms with Crippen molar-refractivity contribution >= 4 is 5.91 Å². The second kappa shape index (κ2) is 9.99. The first-order valence-electron chi connectivity index (χ1n) is 10.7. The number of hydrazine groups is 2. The van der Waals surface area contributed by atoms with Crippen LogP contribution in [0.4, 0.5) is 0 Å². The molecular weight excluding hydrogens is 330 g/mol. The Kier molecular flexibility index (Phi) is 7.69. The van der Waals surface area contributed by atoms with E-state index in [0.717, 1.165) is 19.5 Å². The summed E-state index contributed by atoms with van der Waals surface area (Å²) in [6, 6.07) is -0.235. The lowest BCUT2D eigenvalue weighted by molar-refractivity contribution is -0.125. The highest BCUT2D eigenvalue weighted by Gasteiger charge is 2.37. The fourth-order valence-electron chi connectivity index (χ4n) is 4.55. The fourth-order valence-corrected chi connectivity index (χ4v) is 4.55. The van der Waals surface area contributed by atoms with Crippen molar-refractivity contribution in [2.75, 3.05) is 13.1 Å². The van der Waals surface area contributed by atoms with Crippen molar-refractivity contribution in [1.29, 1.82) is 0 Å². The number of hydrogen-bond donors (Lipinski definition) is 4. The standard InChI is InChI=1S/C19H37N5O2/c1-3-8-14(4-2)12-24-13-18(21-23-24)20-19(25)16-11-17(26-22-16)15-9-6-5-7-10-15/h14-18,21-23H,3-13H2,1-2H3,(H,20,25). The van der Waals surface area contributed by atoms with Gasteiger partial charge in [0.25, 0.3) is 0 Å². The molecule has 3 fully saturated rings. The third-order valence-electron chi connectivity index (χ3n) is 6.19. The van der Waals surface area contributed by atoms with Gasteiger partial charge in [-0.2, -0.15) is 11.0 Å². The Morgan fingerprint density at radius 1 is 1.27 bits per heavy atom. The number of hydroxylamine groups is 1. The summed E-state index contributed by atoms with van der Waals surface area (Å²) in [6.45, 7) is 6.28. The van der Waals surface area contributed by atoms with Gasteiger partial charge in [0.1, 0.15) is 12.2 Å². The van der Waals surface area contributed by atoms with Crippen LogP contribution in [0.5, 0.6) is 0 Å². The molecule has 150 valence electrons. The first-order valence-corrected chi connectivity index (χ1v) is 10.7. The Morgan fingerprint density at radius 2 is 2.08 bits per heavy atom. The molecule has 4 N–H and O–H groups in total. The van der Waals surface area contributed by atoms with Gasteiger partial charge < -0.3 is 5.32 Å². The number of nitrogens with one attached hydrogen (secondary N) is 4. The summed E-state index contributed by atoms with van der Waals surface area (Å²) in [5.74, 6) is 1.34. The second-order valence-electron chi connectivity index (χ2n) is 8.25. The lowest BCUT2D eigenvalue weighted by Gasteiger charge is -2.25. The minimum absolute atomic E-state index is 0.0325. The van der Waals surface area contributed by atoms with Crippen molar-refractivity contribution < 1.29 is 9.63 Å². The van der Waals surface area contributed by atoms with E-state index < -0.39 is 0 Å². The maximum atomic E-state index is 12.6. The quantitative estimate of drug-likeness (QED) is 0.524.